The first-order chi connectivity index (χ1) is 12.5. The van der Waals surface area contributed by atoms with E-state index in [1.54, 1.807) is 12.1 Å². The molecule has 0 aliphatic carbocycles. The Morgan fingerprint density at radius 1 is 1.08 bits per heavy atom. The first kappa shape index (κ1) is 17.1. The molecule has 5 heteroatoms. The third-order valence-corrected chi connectivity index (χ3v) is 5.22. The smallest absolute Gasteiger partial charge is 0.240 e. The third-order valence-electron chi connectivity index (χ3n) is 4.66. The predicted molar refractivity (Wildman–Crippen MR) is 107 cm³/mol. The van der Waals surface area contributed by atoms with E-state index in [-0.39, 0.29) is 11.9 Å². The normalized spacial score (nSPS) is 16.8. The Kier molecular flexibility index (Phi) is 4.43. The zero-order valence-electron chi connectivity index (χ0n) is 14.1. The fourth-order valence-electron chi connectivity index (χ4n) is 3.45. The highest BCUT2D eigenvalue weighted by Gasteiger charge is 2.33. The Morgan fingerprint density at radius 2 is 1.85 bits per heavy atom. The van der Waals surface area contributed by atoms with E-state index in [0.29, 0.717) is 16.5 Å². The van der Waals surface area contributed by atoms with Crippen LogP contribution < -0.4 is 0 Å². The van der Waals surface area contributed by atoms with Gasteiger partial charge in [0, 0.05) is 29.0 Å². The van der Waals surface area contributed by atoms with Gasteiger partial charge in [-0.3, -0.25) is 4.79 Å². The van der Waals surface area contributed by atoms with Crippen LogP contribution in [-0.2, 0) is 4.79 Å². The molecule has 130 valence electrons. The minimum Gasteiger partial charge on any atom is -0.273 e. The molecular weight excluding hydrogens is 367 g/mol. The molecule has 4 rings (SSSR count). The topological polar surface area (TPSA) is 32.7 Å². The molecule has 1 aliphatic heterocycles. The van der Waals surface area contributed by atoms with Gasteiger partial charge in [-0.25, -0.2) is 5.01 Å². The van der Waals surface area contributed by atoms with Crippen molar-refractivity contribution in [1.29, 1.82) is 0 Å². The van der Waals surface area contributed by atoms with Gasteiger partial charge in [-0.05, 0) is 28.5 Å². The molecule has 1 amide bonds. The van der Waals surface area contributed by atoms with Crippen LogP contribution in [0.4, 0.5) is 0 Å². The van der Waals surface area contributed by atoms with Gasteiger partial charge in [-0.1, -0.05) is 71.7 Å². The lowest BCUT2D eigenvalue weighted by Crippen LogP contribution is -2.24. The standard InChI is InChI=1S/C21H16Cl2N2O/c1-13(26)25-21(18-10-9-15(22)11-19(18)23)12-20(24-25)17-8-4-6-14-5-2-3-7-16(14)17/h2-11,21H,12H2,1H3/t21-/m1/s1. The van der Waals surface area contributed by atoms with E-state index in [9.17, 15) is 4.79 Å². The van der Waals surface area contributed by atoms with E-state index in [2.05, 4.69) is 23.3 Å². The fourth-order valence-corrected chi connectivity index (χ4v) is 3.99. The molecule has 0 bridgehead atoms. The Labute approximate surface area is 161 Å². The van der Waals surface area contributed by atoms with Crippen molar-refractivity contribution in [2.24, 2.45) is 5.10 Å². The van der Waals surface area contributed by atoms with Gasteiger partial charge in [-0.2, -0.15) is 5.10 Å². The maximum Gasteiger partial charge on any atom is 0.240 e. The zero-order chi connectivity index (χ0) is 18.3. The molecule has 0 aromatic heterocycles. The number of hydrogen-bond donors (Lipinski definition) is 0. The van der Waals surface area contributed by atoms with Gasteiger partial charge in [0.05, 0.1) is 11.8 Å². The fraction of sp³-hybridized carbons (Fsp3) is 0.143. The van der Waals surface area contributed by atoms with E-state index in [0.717, 1.165) is 27.6 Å². The van der Waals surface area contributed by atoms with E-state index in [1.807, 2.05) is 30.3 Å². The molecule has 0 N–H and O–H groups in total. The quantitative estimate of drug-likeness (QED) is 0.547. The first-order valence-corrected chi connectivity index (χ1v) is 9.10. The molecule has 26 heavy (non-hydrogen) atoms. The molecule has 0 saturated carbocycles. The summed E-state index contributed by atoms with van der Waals surface area (Å²) in [5.74, 6) is -0.115. The highest BCUT2D eigenvalue weighted by Crippen LogP contribution is 2.38. The lowest BCUT2D eigenvalue weighted by atomic mass is 9.95. The van der Waals surface area contributed by atoms with Crippen LogP contribution in [0.2, 0.25) is 10.0 Å². The molecule has 3 aromatic rings. The molecule has 0 fully saturated rings. The second-order valence-corrected chi connectivity index (χ2v) is 7.17. The lowest BCUT2D eigenvalue weighted by molar-refractivity contribution is -0.130. The highest BCUT2D eigenvalue weighted by molar-refractivity contribution is 6.35. The Morgan fingerprint density at radius 3 is 2.62 bits per heavy atom. The van der Waals surface area contributed by atoms with Gasteiger partial charge in [-0.15, -0.1) is 0 Å². The van der Waals surface area contributed by atoms with E-state index in [4.69, 9.17) is 23.2 Å². The van der Waals surface area contributed by atoms with E-state index < -0.39 is 0 Å². The molecule has 0 unspecified atom stereocenters. The maximum atomic E-state index is 12.2. The largest absolute Gasteiger partial charge is 0.273 e. The van der Waals surface area contributed by atoms with Crippen molar-refractivity contribution in [2.75, 3.05) is 0 Å². The lowest BCUT2D eigenvalue weighted by Gasteiger charge is -2.21. The van der Waals surface area contributed by atoms with Crippen molar-refractivity contribution in [3.8, 4) is 0 Å². The SMILES string of the molecule is CC(=O)N1N=C(c2cccc3ccccc23)C[C@@H]1c1ccc(Cl)cc1Cl. The van der Waals surface area contributed by atoms with Crippen LogP contribution in [0.25, 0.3) is 10.8 Å². The number of amides is 1. The minimum absolute atomic E-state index is 0.115. The number of benzene rings is 3. The number of hydrogen-bond acceptors (Lipinski definition) is 2. The summed E-state index contributed by atoms with van der Waals surface area (Å²) in [4.78, 5) is 12.2. The summed E-state index contributed by atoms with van der Waals surface area (Å²) >= 11 is 12.4. The van der Waals surface area contributed by atoms with Crippen LogP contribution in [0.15, 0.2) is 65.8 Å². The number of hydrazone groups is 1. The molecule has 0 saturated heterocycles. The average molecular weight is 383 g/mol. The predicted octanol–water partition coefficient (Wildman–Crippen LogP) is 5.84. The number of fused-ring (bicyclic) bond motifs is 1. The minimum atomic E-state index is -0.230. The van der Waals surface area contributed by atoms with Gasteiger partial charge in [0.1, 0.15) is 0 Å². The number of rotatable bonds is 2. The summed E-state index contributed by atoms with van der Waals surface area (Å²) in [5.41, 5.74) is 2.78. The van der Waals surface area contributed by atoms with Crippen molar-refractivity contribution in [1.82, 2.24) is 5.01 Å². The van der Waals surface area contributed by atoms with Gasteiger partial charge in [0.15, 0.2) is 0 Å². The highest BCUT2D eigenvalue weighted by atomic mass is 35.5. The summed E-state index contributed by atoms with van der Waals surface area (Å²) in [6, 6.07) is 19.4. The Balaban J connectivity index is 1.79. The van der Waals surface area contributed by atoms with Crippen molar-refractivity contribution >= 4 is 45.6 Å². The number of carbonyl (C=O) groups is 1. The first-order valence-electron chi connectivity index (χ1n) is 8.35. The summed E-state index contributed by atoms with van der Waals surface area (Å²) < 4.78 is 0. The van der Waals surface area contributed by atoms with Gasteiger partial charge < -0.3 is 0 Å². The van der Waals surface area contributed by atoms with E-state index >= 15 is 0 Å². The summed E-state index contributed by atoms with van der Waals surface area (Å²) in [7, 11) is 0. The summed E-state index contributed by atoms with van der Waals surface area (Å²) in [6.45, 7) is 1.52. The average Bonchev–Trinajstić information content (AvgIpc) is 3.06. The van der Waals surface area contributed by atoms with Crippen molar-refractivity contribution in [2.45, 2.75) is 19.4 Å². The van der Waals surface area contributed by atoms with Crippen LogP contribution >= 0.6 is 23.2 Å². The van der Waals surface area contributed by atoms with Crippen molar-refractivity contribution < 1.29 is 4.79 Å². The molecule has 3 nitrogen and oxygen atoms in total. The zero-order valence-corrected chi connectivity index (χ0v) is 15.6. The molecule has 0 spiro atoms. The van der Waals surface area contributed by atoms with Crippen molar-refractivity contribution in [3.05, 3.63) is 81.8 Å². The number of nitrogens with zero attached hydrogens (tertiary/aromatic N) is 2. The van der Waals surface area contributed by atoms with Crippen LogP contribution in [0.5, 0.6) is 0 Å². The van der Waals surface area contributed by atoms with Crippen LogP contribution in [-0.4, -0.2) is 16.6 Å². The van der Waals surface area contributed by atoms with E-state index in [1.165, 1.54) is 11.9 Å². The maximum absolute atomic E-state index is 12.2. The molecule has 3 aromatic carbocycles. The van der Waals surface area contributed by atoms with Crippen LogP contribution in [0.1, 0.15) is 30.5 Å². The summed E-state index contributed by atoms with van der Waals surface area (Å²) in [5, 5.41) is 9.55. The molecule has 1 aliphatic rings. The molecular formula is C21H16Cl2N2O. The second kappa shape index (κ2) is 6.75. The van der Waals surface area contributed by atoms with Crippen LogP contribution in [0, 0.1) is 0 Å². The Bertz CT molecular complexity index is 1040. The monoisotopic (exact) mass is 382 g/mol. The summed E-state index contributed by atoms with van der Waals surface area (Å²) in [6.07, 6.45) is 0.606. The molecule has 1 heterocycles. The number of halogens is 2. The molecule has 1 atom stereocenters. The van der Waals surface area contributed by atoms with Crippen LogP contribution in [0.3, 0.4) is 0 Å². The third kappa shape index (κ3) is 2.98. The number of carbonyl (C=O) groups excluding carboxylic acids is 1. The Hall–Kier alpha value is -2.36. The van der Waals surface area contributed by atoms with Crippen molar-refractivity contribution in [3.63, 3.8) is 0 Å². The van der Waals surface area contributed by atoms with Gasteiger partial charge in [0.2, 0.25) is 5.91 Å². The molecule has 0 radical (unpaired) electrons. The van der Waals surface area contributed by atoms with Gasteiger partial charge in [0.25, 0.3) is 0 Å². The van der Waals surface area contributed by atoms with Gasteiger partial charge >= 0.3 is 0 Å². The second-order valence-electron chi connectivity index (χ2n) is 6.32.